The Morgan fingerprint density at radius 1 is 1.47 bits per heavy atom. The van der Waals surface area contributed by atoms with E-state index < -0.39 is 16.5 Å². The number of carbonyl (C=O) groups excluding carboxylic acids is 2. The zero-order valence-electron chi connectivity index (χ0n) is 7.99. The molecule has 0 amide bonds. The summed E-state index contributed by atoms with van der Waals surface area (Å²) in [6, 6.07) is 0. The maximum Gasteiger partial charge on any atom is 0.243 e. The van der Waals surface area contributed by atoms with Crippen molar-refractivity contribution in [2.24, 2.45) is 0 Å². The molecule has 0 fully saturated rings. The van der Waals surface area contributed by atoms with E-state index >= 15 is 0 Å². The van der Waals surface area contributed by atoms with E-state index in [1.165, 1.54) is 6.08 Å². The Labute approximate surface area is 85.9 Å². The van der Waals surface area contributed by atoms with E-state index in [9.17, 15) is 19.7 Å². The number of ketones is 2. The van der Waals surface area contributed by atoms with Gasteiger partial charge in [0.15, 0.2) is 0 Å². The number of allylic oxidation sites excluding steroid dienone is 3. The molecule has 0 aromatic rings. The molecule has 0 aliphatic heterocycles. The third-order valence-electron chi connectivity index (χ3n) is 2.07. The maximum atomic E-state index is 11.4. The lowest BCUT2D eigenvalue weighted by molar-refractivity contribution is -0.426. The third-order valence-corrected chi connectivity index (χ3v) is 2.07. The van der Waals surface area contributed by atoms with Crippen LogP contribution in [0.5, 0.6) is 0 Å². The minimum absolute atomic E-state index is 0.133. The fraction of sp³-hybridized carbons (Fsp3) is 0.200. The van der Waals surface area contributed by atoms with Gasteiger partial charge in [0.2, 0.25) is 17.3 Å². The van der Waals surface area contributed by atoms with Gasteiger partial charge in [-0.25, -0.2) is 0 Å². The minimum atomic E-state index is -0.714. The summed E-state index contributed by atoms with van der Waals surface area (Å²) < 4.78 is 0. The van der Waals surface area contributed by atoms with Crippen molar-refractivity contribution in [2.75, 3.05) is 0 Å². The lowest BCUT2D eigenvalue weighted by Crippen LogP contribution is -2.22. The molecule has 5 nitrogen and oxygen atoms in total. The topological polar surface area (TPSA) is 77.3 Å². The fourth-order valence-corrected chi connectivity index (χ4v) is 1.18. The predicted octanol–water partition coefficient (Wildman–Crippen LogP) is 1.19. The van der Waals surface area contributed by atoms with Gasteiger partial charge in [-0.05, 0) is 13.0 Å². The van der Waals surface area contributed by atoms with Crippen LogP contribution >= 0.6 is 0 Å². The van der Waals surface area contributed by atoms with Crippen LogP contribution in [0.15, 0.2) is 36.1 Å². The molecule has 0 N–H and O–H groups in total. The number of hydrogen-bond acceptors (Lipinski definition) is 4. The quantitative estimate of drug-likeness (QED) is 0.301. The highest BCUT2D eigenvalue weighted by Gasteiger charge is 2.27. The molecular weight excluding hydrogens is 198 g/mol. The van der Waals surface area contributed by atoms with Crippen LogP contribution in [-0.4, -0.2) is 16.5 Å². The van der Waals surface area contributed by atoms with Gasteiger partial charge < -0.3 is 0 Å². The Hall–Kier alpha value is -2.04. The average molecular weight is 207 g/mol. The van der Waals surface area contributed by atoms with Gasteiger partial charge in [0, 0.05) is 11.1 Å². The summed E-state index contributed by atoms with van der Waals surface area (Å²) >= 11 is 0. The second-order valence-corrected chi connectivity index (χ2v) is 3.20. The van der Waals surface area contributed by atoms with Gasteiger partial charge in [0.25, 0.3) is 0 Å². The molecule has 1 aliphatic rings. The smallest absolute Gasteiger partial charge is 0.243 e. The summed E-state index contributed by atoms with van der Waals surface area (Å²) in [7, 11) is 0. The van der Waals surface area contributed by atoms with Crippen LogP contribution in [0, 0.1) is 10.1 Å². The summed E-state index contributed by atoms with van der Waals surface area (Å²) in [5, 5.41) is 10.3. The molecule has 15 heavy (non-hydrogen) atoms. The molecule has 5 heteroatoms. The number of Topliss-reactive ketones (excluding diaryl/α,β-unsaturated/α-hetero) is 2. The first-order valence-electron chi connectivity index (χ1n) is 4.21. The van der Waals surface area contributed by atoms with Crippen molar-refractivity contribution in [2.45, 2.75) is 12.8 Å². The summed E-state index contributed by atoms with van der Waals surface area (Å²) in [5.74, 6) is -1.38. The fourth-order valence-electron chi connectivity index (χ4n) is 1.18. The molecular formula is C10H9NO4. The number of nitro groups is 1. The van der Waals surface area contributed by atoms with Crippen LogP contribution in [0.1, 0.15) is 12.8 Å². The molecule has 78 valence electrons. The highest BCUT2D eigenvalue weighted by atomic mass is 16.6. The summed E-state index contributed by atoms with van der Waals surface area (Å²) in [4.78, 5) is 32.2. The Bertz CT molecular complexity index is 417. The van der Waals surface area contributed by atoms with E-state index in [1.807, 2.05) is 0 Å². The van der Waals surface area contributed by atoms with Gasteiger partial charge in [0.1, 0.15) is 0 Å². The van der Waals surface area contributed by atoms with Crippen molar-refractivity contribution in [3.63, 3.8) is 0 Å². The van der Waals surface area contributed by atoms with E-state index in [-0.39, 0.29) is 29.7 Å². The molecule has 0 aromatic carbocycles. The van der Waals surface area contributed by atoms with Crippen LogP contribution in [0.4, 0.5) is 0 Å². The number of nitrogens with zero attached hydrogens (tertiary/aromatic N) is 1. The van der Waals surface area contributed by atoms with Crippen LogP contribution in [0.25, 0.3) is 0 Å². The largest absolute Gasteiger partial charge is 0.285 e. The summed E-state index contributed by atoms with van der Waals surface area (Å²) in [6.07, 6.45) is 1.57. The number of rotatable bonds is 3. The van der Waals surface area contributed by atoms with Gasteiger partial charge in [-0.2, -0.15) is 0 Å². The van der Waals surface area contributed by atoms with Crippen molar-refractivity contribution >= 4 is 11.6 Å². The van der Waals surface area contributed by atoms with E-state index in [2.05, 4.69) is 13.2 Å². The van der Waals surface area contributed by atoms with Crippen LogP contribution in [0.3, 0.4) is 0 Å². The molecule has 0 aromatic heterocycles. The zero-order valence-corrected chi connectivity index (χ0v) is 7.99. The van der Waals surface area contributed by atoms with E-state index in [0.717, 1.165) is 0 Å². The van der Waals surface area contributed by atoms with Gasteiger partial charge in [-0.15, -0.1) is 0 Å². The molecule has 1 rings (SSSR count). The first-order valence-corrected chi connectivity index (χ1v) is 4.21. The molecule has 0 saturated carbocycles. The molecule has 0 atom stereocenters. The van der Waals surface area contributed by atoms with Crippen molar-refractivity contribution in [1.82, 2.24) is 0 Å². The lowest BCUT2D eigenvalue weighted by Gasteiger charge is -2.10. The molecule has 0 radical (unpaired) electrons. The molecule has 0 saturated heterocycles. The Kier molecular flexibility index (Phi) is 2.94. The first kappa shape index (κ1) is 11.0. The molecule has 0 spiro atoms. The SMILES string of the molecule is C=C1CC=C(CC(=C)[N+](=O)[O-])C(=O)C1=O. The van der Waals surface area contributed by atoms with E-state index in [0.29, 0.717) is 0 Å². The van der Waals surface area contributed by atoms with Crippen molar-refractivity contribution in [1.29, 1.82) is 0 Å². The third kappa shape index (κ3) is 2.25. The molecule has 0 bridgehead atoms. The second-order valence-electron chi connectivity index (χ2n) is 3.20. The number of carbonyl (C=O) groups is 2. The summed E-state index contributed by atoms with van der Waals surface area (Å²) in [6.45, 7) is 6.62. The number of hydrogen-bond donors (Lipinski definition) is 0. The minimum Gasteiger partial charge on any atom is -0.285 e. The molecule has 0 unspecified atom stereocenters. The predicted molar refractivity (Wildman–Crippen MR) is 52.6 cm³/mol. The van der Waals surface area contributed by atoms with Gasteiger partial charge in [-0.3, -0.25) is 19.7 Å². The normalized spacial score (nSPS) is 16.3. The van der Waals surface area contributed by atoms with Crippen molar-refractivity contribution < 1.29 is 14.5 Å². The highest BCUT2D eigenvalue weighted by molar-refractivity contribution is 6.49. The second kappa shape index (κ2) is 4.00. The zero-order chi connectivity index (χ0) is 11.6. The Morgan fingerprint density at radius 2 is 2.07 bits per heavy atom. The van der Waals surface area contributed by atoms with Crippen LogP contribution in [-0.2, 0) is 9.59 Å². The summed E-state index contributed by atoms with van der Waals surface area (Å²) in [5.41, 5.74) is 0.0551. The lowest BCUT2D eigenvalue weighted by atomic mass is 9.91. The maximum absolute atomic E-state index is 11.4. The van der Waals surface area contributed by atoms with Gasteiger partial charge >= 0.3 is 0 Å². The highest BCUT2D eigenvalue weighted by Crippen LogP contribution is 2.20. The Morgan fingerprint density at radius 3 is 2.60 bits per heavy atom. The average Bonchev–Trinajstić information content (AvgIpc) is 2.18. The van der Waals surface area contributed by atoms with Crippen LogP contribution in [0.2, 0.25) is 0 Å². The van der Waals surface area contributed by atoms with Gasteiger partial charge in [0.05, 0.1) is 11.3 Å². The molecule has 0 heterocycles. The van der Waals surface area contributed by atoms with Crippen molar-refractivity contribution in [3.8, 4) is 0 Å². The van der Waals surface area contributed by atoms with E-state index in [1.54, 1.807) is 0 Å². The standard InChI is InChI=1S/C10H9NO4/c1-6-3-4-8(10(13)9(6)12)5-7(2)11(14)15/h4H,1-3,5H2. The monoisotopic (exact) mass is 207 g/mol. The van der Waals surface area contributed by atoms with Gasteiger partial charge in [-0.1, -0.05) is 12.7 Å². The van der Waals surface area contributed by atoms with Crippen LogP contribution < -0.4 is 0 Å². The first-order chi connectivity index (χ1) is 6.93. The molecule has 1 aliphatic carbocycles. The Balaban J connectivity index is 2.85. The van der Waals surface area contributed by atoms with Crippen molar-refractivity contribution in [3.05, 3.63) is 46.2 Å². The van der Waals surface area contributed by atoms with E-state index in [4.69, 9.17) is 0 Å².